The lowest BCUT2D eigenvalue weighted by atomic mass is 10.1. The number of amides is 1. The van der Waals surface area contributed by atoms with E-state index in [4.69, 9.17) is 4.52 Å². The van der Waals surface area contributed by atoms with Crippen LogP contribution in [0, 0.1) is 13.8 Å². The van der Waals surface area contributed by atoms with Crippen molar-refractivity contribution in [3.05, 3.63) is 46.6 Å². The molecule has 1 unspecified atom stereocenters. The number of hydrogen-bond donors (Lipinski definition) is 0. The standard InChI is InChI=1S/C18H21N3O2/c1-11-5-6-14(10-12(11)2)18(22)21-9-3-4-15(21)17-19-16(20-23-17)13-7-8-13/h5-6,10,13,15H,3-4,7-9H2,1-2H3. The summed E-state index contributed by atoms with van der Waals surface area (Å²) in [5, 5.41) is 4.09. The zero-order valence-corrected chi connectivity index (χ0v) is 13.6. The third-order valence-corrected chi connectivity index (χ3v) is 4.95. The highest BCUT2D eigenvalue weighted by molar-refractivity contribution is 5.94. The Hall–Kier alpha value is -2.17. The summed E-state index contributed by atoms with van der Waals surface area (Å²) in [5.74, 6) is 1.94. The zero-order chi connectivity index (χ0) is 16.0. The van der Waals surface area contributed by atoms with Crippen molar-refractivity contribution in [1.82, 2.24) is 15.0 Å². The summed E-state index contributed by atoms with van der Waals surface area (Å²) in [5.41, 5.74) is 3.08. The Morgan fingerprint density at radius 2 is 2.04 bits per heavy atom. The van der Waals surface area contributed by atoms with E-state index in [0.29, 0.717) is 11.8 Å². The van der Waals surface area contributed by atoms with Gasteiger partial charge in [0.2, 0.25) is 5.89 Å². The van der Waals surface area contributed by atoms with Crippen LogP contribution in [0.15, 0.2) is 22.7 Å². The number of nitrogens with zero attached hydrogens (tertiary/aromatic N) is 3. The average Bonchev–Trinajstić information content (AvgIpc) is 3.09. The molecule has 1 aliphatic heterocycles. The second-order valence-electron chi connectivity index (χ2n) is 6.72. The number of benzene rings is 1. The van der Waals surface area contributed by atoms with Gasteiger partial charge in [-0.3, -0.25) is 4.79 Å². The van der Waals surface area contributed by atoms with Gasteiger partial charge in [-0.1, -0.05) is 11.2 Å². The number of hydrogen-bond acceptors (Lipinski definition) is 4. The molecule has 0 N–H and O–H groups in total. The van der Waals surface area contributed by atoms with Crippen molar-refractivity contribution >= 4 is 5.91 Å². The van der Waals surface area contributed by atoms with E-state index in [1.807, 2.05) is 30.0 Å². The number of carbonyl (C=O) groups is 1. The van der Waals surface area contributed by atoms with Crippen molar-refractivity contribution in [1.29, 1.82) is 0 Å². The minimum absolute atomic E-state index is 0.0572. The van der Waals surface area contributed by atoms with Gasteiger partial charge in [-0.15, -0.1) is 0 Å². The van der Waals surface area contributed by atoms with Crippen LogP contribution >= 0.6 is 0 Å². The van der Waals surface area contributed by atoms with Gasteiger partial charge in [-0.05, 0) is 62.8 Å². The molecule has 1 saturated heterocycles. The number of carbonyl (C=O) groups excluding carboxylic acids is 1. The minimum atomic E-state index is -0.0795. The van der Waals surface area contributed by atoms with Crippen molar-refractivity contribution in [2.24, 2.45) is 0 Å². The Kier molecular flexibility index (Phi) is 3.43. The van der Waals surface area contributed by atoms with Crippen LogP contribution in [0.4, 0.5) is 0 Å². The van der Waals surface area contributed by atoms with Crippen molar-refractivity contribution in [3.8, 4) is 0 Å². The van der Waals surface area contributed by atoms with Crippen molar-refractivity contribution in [3.63, 3.8) is 0 Å². The first-order chi connectivity index (χ1) is 11.1. The van der Waals surface area contributed by atoms with Crippen molar-refractivity contribution in [2.45, 2.75) is 51.5 Å². The van der Waals surface area contributed by atoms with Crippen molar-refractivity contribution in [2.75, 3.05) is 6.54 Å². The van der Waals surface area contributed by atoms with E-state index in [-0.39, 0.29) is 11.9 Å². The highest BCUT2D eigenvalue weighted by Crippen LogP contribution is 2.40. The average molecular weight is 311 g/mol. The van der Waals surface area contributed by atoms with Gasteiger partial charge < -0.3 is 9.42 Å². The van der Waals surface area contributed by atoms with Crippen LogP contribution in [0.25, 0.3) is 0 Å². The molecule has 2 aliphatic rings. The Labute approximate surface area is 135 Å². The maximum absolute atomic E-state index is 12.9. The predicted molar refractivity (Wildman–Crippen MR) is 85.2 cm³/mol. The van der Waals surface area contributed by atoms with E-state index >= 15 is 0 Å². The molecule has 1 aromatic heterocycles. The molecule has 1 amide bonds. The van der Waals surface area contributed by atoms with Crippen molar-refractivity contribution < 1.29 is 9.32 Å². The molecule has 1 atom stereocenters. The summed E-state index contributed by atoms with van der Waals surface area (Å²) in [6.07, 6.45) is 4.16. The van der Waals surface area contributed by atoms with Crippen LogP contribution < -0.4 is 0 Å². The maximum atomic E-state index is 12.9. The number of aryl methyl sites for hydroxylation is 2. The molecule has 2 fully saturated rings. The summed E-state index contributed by atoms with van der Waals surface area (Å²) in [6, 6.07) is 5.80. The highest BCUT2D eigenvalue weighted by Gasteiger charge is 2.36. The smallest absolute Gasteiger partial charge is 0.254 e. The highest BCUT2D eigenvalue weighted by atomic mass is 16.5. The first-order valence-electron chi connectivity index (χ1n) is 8.35. The Morgan fingerprint density at radius 1 is 1.22 bits per heavy atom. The SMILES string of the molecule is Cc1ccc(C(=O)N2CCCC2c2nc(C3CC3)no2)cc1C. The molecule has 23 heavy (non-hydrogen) atoms. The van der Waals surface area contributed by atoms with Crippen LogP contribution in [0.2, 0.25) is 0 Å². The molecule has 0 bridgehead atoms. The molecule has 120 valence electrons. The molecule has 1 saturated carbocycles. The van der Waals surface area contributed by atoms with E-state index in [1.165, 1.54) is 5.56 Å². The Morgan fingerprint density at radius 3 is 2.78 bits per heavy atom. The van der Waals surface area contributed by atoms with E-state index in [1.54, 1.807) is 0 Å². The summed E-state index contributed by atoms with van der Waals surface area (Å²) in [7, 11) is 0. The molecule has 1 aliphatic carbocycles. The molecular weight excluding hydrogens is 290 g/mol. The quantitative estimate of drug-likeness (QED) is 0.870. The van der Waals surface area contributed by atoms with E-state index < -0.39 is 0 Å². The number of rotatable bonds is 3. The Balaban J connectivity index is 1.58. The molecule has 5 nitrogen and oxygen atoms in total. The fraction of sp³-hybridized carbons (Fsp3) is 0.500. The van der Waals surface area contributed by atoms with Crippen LogP contribution in [0.3, 0.4) is 0 Å². The second kappa shape index (κ2) is 5.48. The van der Waals surface area contributed by atoms with Crippen LogP contribution in [-0.2, 0) is 0 Å². The summed E-state index contributed by atoms with van der Waals surface area (Å²) >= 11 is 0. The lowest BCUT2D eigenvalue weighted by Gasteiger charge is -2.22. The first-order valence-corrected chi connectivity index (χ1v) is 8.35. The third-order valence-electron chi connectivity index (χ3n) is 4.95. The molecule has 0 spiro atoms. The fourth-order valence-electron chi connectivity index (χ4n) is 3.20. The molecule has 0 radical (unpaired) electrons. The second-order valence-corrected chi connectivity index (χ2v) is 6.72. The lowest BCUT2D eigenvalue weighted by Crippen LogP contribution is -2.30. The lowest BCUT2D eigenvalue weighted by molar-refractivity contribution is 0.0710. The van der Waals surface area contributed by atoms with Gasteiger partial charge in [-0.2, -0.15) is 4.98 Å². The first kappa shape index (κ1) is 14.4. The molecule has 4 rings (SSSR count). The monoisotopic (exact) mass is 311 g/mol. The van der Waals surface area contributed by atoms with Crippen LogP contribution in [0.5, 0.6) is 0 Å². The summed E-state index contributed by atoms with van der Waals surface area (Å²) in [6.45, 7) is 4.84. The van der Waals surface area contributed by atoms with Gasteiger partial charge in [0.1, 0.15) is 6.04 Å². The summed E-state index contributed by atoms with van der Waals surface area (Å²) < 4.78 is 5.45. The van der Waals surface area contributed by atoms with Gasteiger partial charge in [0.25, 0.3) is 5.91 Å². The van der Waals surface area contributed by atoms with Gasteiger partial charge in [-0.25, -0.2) is 0 Å². The minimum Gasteiger partial charge on any atom is -0.337 e. The summed E-state index contributed by atoms with van der Waals surface area (Å²) in [4.78, 5) is 19.3. The topological polar surface area (TPSA) is 59.2 Å². The van der Waals surface area contributed by atoms with Gasteiger partial charge >= 0.3 is 0 Å². The molecule has 1 aromatic carbocycles. The Bertz CT molecular complexity index is 748. The van der Waals surface area contributed by atoms with Crippen LogP contribution in [0.1, 0.15) is 70.8 Å². The molecular formula is C18H21N3O2. The van der Waals surface area contributed by atoms with E-state index in [9.17, 15) is 4.79 Å². The largest absolute Gasteiger partial charge is 0.337 e. The number of aromatic nitrogens is 2. The van der Waals surface area contributed by atoms with E-state index in [2.05, 4.69) is 17.1 Å². The third kappa shape index (κ3) is 2.64. The molecule has 2 heterocycles. The molecule has 2 aromatic rings. The molecule has 5 heteroatoms. The maximum Gasteiger partial charge on any atom is 0.254 e. The van der Waals surface area contributed by atoms with Gasteiger partial charge in [0.15, 0.2) is 5.82 Å². The van der Waals surface area contributed by atoms with E-state index in [0.717, 1.165) is 49.2 Å². The van der Waals surface area contributed by atoms with Gasteiger partial charge in [0.05, 0.1) is 0 Å². The van der Waals surface area contributed by atoms with Gasteiger partial charge in [0, 0.05) is 18.0 Å². The fourth-order valence-corrected chi connectivity index (χ4v) is 3.20. The normalized spacial score (nSPS) is 21.0. The predicted octanol–water partition coefficient (Wildman–Crippen LogP) is 3.54. The van der Waals surface area contributed by atoms with Crippen LogP contribution in [-0.4, -0.2) is 27.5 Å². The zero-order valence-electron chi connectivity index (χ0n) is 13.6. The number of likely N-dealkylation sites (tertiary alicyclic amines) is 1.